The second kappa shape index (κ2) is 7.26. The van der Waals surface area contributed by atoms with Gasteiger partial charge in [-0.2, -0.15) is 13.2 Å². The van der Waals surface area contributed by atoms with Crippen molar-refractivity contribution in [1.29, 1.82) is 0 Å². The van der Waals surface area contributed by atoms with E-state index in [-0.39, 0.29) is 17.6 Å². The van der Waals surface area contributed by atoms with E-state index >= 15 is 0 Å². The number of rotatable bonds is 3. The number of carboxylic acid groups (broad SMARTS) is 1. The molecule has 1 aromatic rings. The van der Waals surface area contributed by atoms with Gasteiger partial charge in [0.15, 0.2) is 0 Å². The minimum absolute atomic E-state index is 0.0128. The molecule has 0 aromatic heterocycles. The van der Waals surface area contributed by atoms with Gasteiger partial charge in [-0.05, 0) is 43.4 Å². The van der Waals surface area contributed by atoms with Crippen LogP contribution in [0.4, 0.5) is 13.2 Å². The highest BCUT2D eigenvalue weighted by Crippen LogP contribution is 2.34. The van der Waals surface area contributed by atoms with Crippen LogP contribution in [0.3, 0.4) is 0 Å². The van der Waals surface area contributed by atoms with Gasteiger partial charge in [0.2, 0.25) is 0 Å². The highest BCUT2D eigenvalue weighted by Gasteiger charge is 2.41. The number of hydrogen-bond acceptors (Lipinski definition) is 3. The Hall–Kier alpha value is -2.09. The first-order valence-electron chi connectivity index (χ1n) is 8.58. The first-order chi connectivity index (χ1) is 12.3. The summed E-state index contributed by atoms with van der Waals surface area (Å²) in [5.41, 5.74) is -0.833. The molecule has 142 valence electrons. The van der Waals surface area contributed by atoms with Crippen molar-refractivity contribution < 1.29 is 32.6 Å². The first kappa shape index (κ1) is 18.7. The van der Waals surface area contributed by atoms with Crippen LogP contribution >= 0.6 is 0 Å². The van der Waals surface area contributed by atoms with Crippen molar-refractivity contribution >= 4 is 11.9 Å². The van der Waals surface area contributed by atoms with Gasteiger partial charge in [-0.25, -0.2) is 0 Å². The predicted molar refractivity (Wildman–Crippen MR) is 85.6 cm³/mol. The number of amides is 1. The van der Waals surface area contributed by atoms with Crippen LogP contribution in [0.15, 0.2) is 24.3 Å². The van der Waals surface area contributed by atoms with E-state index in [1.165, 1.54) is 17.0 Å². The molecule has 0 saturated carbocycles. The molecule has 1 N–H and O–H groups in total. The molecular formula is C18H20F3NO4. The van der Waals surface area contributed by atoms with E-state index in [2.05, 4.69) is 0 Å². The van der Waals surface area contributed by atoms with Gasteiger partial charge >= 0.3 is 12.1 Å². The highest BCUT2D eigenvalue weighted by atomic mass is 19.4. The SMILES string of the molecule is O=C(O)C1CCO[C@H]1C1CCN(C(=O)c2cccc(C(F)(F)F)c2)CC1. The van der Waals surface area contributed by atoms with Crippen LogP contribution in [-0.4, -0.2) is 47.7 Å². The quantitative estimate of drug-likeness (QED) is 0.887. The topological polar surface area (TPSA) is 66.8 Å². The third kappa shape index (κ3) is 3.85. The first-order valence-corrected chi connectivity index (χ1v) is 8.58. The van der Waals surface area contributed by atoms with Gasteiger partial charge < -0.3 is 14.7 Å². The predicted octanol–water partition coefficient (Wildman–Crippen LogP) is 3.05. The molecule has 1 aromatic carbocycles. The molecule has 2 fully saturated rings. The van der Waals surface area contributed by atoms with Crippen molar-refractivity contribution in [2.24, 2.45) is 11.8 Å². The maximum atomic E-state index is 12.8. The fraction of sp³-hybridized carbons (Fsp3) is 0.556. The van der Waals surface area contributed by atoms with Gasteiger partial charge in [-0.3, -0.25) is 9.59 Å². The van der Waals surface area contributed by atoms with Gasteiger partial charge in [0.05, 0.1) is 17.6 Å². The molecule has 8 heteroatoms. The van der Waals surface area contributed by atoms with Crippen molar-refractivity contribution in [3.63, 3.8) is 0 Å². The fourth-order valence-electron chi connectivity index (χ4n) is 3.78. The summed E-state index contributed by atoms with van der Waals surface area (Å²) in [6.07, 6.45) is -3.19. The molecule has 0 aliphatic carbocycles. The standard InChI is InChI=1S/C18H20F3NO4/c19-18(20,21)13-3-1-2-12(10-13)16(23)22-7-4-11(5-8-22)15-14(17(24)25)6-9-26-15/h1-3,10-11,14-15H,4-9H2,(H,24,25)/t14?,15-/m0/s1. The number of likely N-dealkylation sites (tertiary alicyclic amines) is 1. The monoisotopic (exact) mass is 371 g/mol. The fourth-order valence-corrected chi connectivity index (χ4v) is 3.78. The molecule has 26 heavy (non-hydrogen) atoms. The van der Waals surface area contributed by atoms with E-state index in [0.29, 0.717) is 39.0 Å². The van der Waals surface area contributed by atoms with Crippen LogP contribution in [0.1, 0.15) is 35.2 Å². The van der Waals surface area contributed by atoms with E-state index in [4.69, 9.17) is 4.74 Å². The van der Waals surface area contributed by atoms with Crippen molar-refractivity contribution in [2.45, 2.75) is 31.5 Å². The molecule has 0 bridgehead atoms. The lowest BCUT2D eigenvalue weighted by Gasteiger charge is -2.35. The summed E-state index contributed by atoms with van der Waals surface area (Å²) in [5.74, 6) is -1.78. The van der Waals surface area contributed by atoms with Crippen LogP contribution < -0.4 is 0 Å². The Bertz CT molecular complexity index is 683. The maximum Gasteiger partial charge on any atom is 0.416 e. The lowest BCUT2D eigenvalue weighted by Crippen LogP contribution is -2.43. The summed E-state index contributed by atoms with van der Waals surface area (Å²) in [5, 5.41) is 9.26. The summed E-state index contributed by atoms with van der Waals surface area (Å²) in [4.78, 5) is 25.3. The number of benzene rings is 1. The third-order valence-corrected chi connectivity index (χ3v) is 5.18. The zero-order valence-corrected chi connectivity index (χ0v) is 14.0. The van der Waals surface area contributed by atoms with Gasteiger partial charge in [0.1, 0.15) is 0 Å². The molecule has 2 atom stereocenters. The minimum Gasteiger partial charge on any atom is -0.481 e. The third-order valence-electron chi connectivity index (χ3n) is 5.18. The van der Waals surface area contributed by atoms with E-state index in [0.717, 1.165) is 12.1 Å². The van der Waals surface area contributed by atoms with Crippen molar-refractivity contribution in [1.82, 2.24) is 4.90 Å². The van der Waals surface area contributed by atoms with E-state index in [9.17, 15) is 27.9 Å². The van der Waals surface area contributed by atoms with E-state index < -0.39 is 29.5 Å². The highest BCUT2D eigenvalue weighted by molar-refractivity contribution is 5.94. The Balaban J connectivity index is 1.63. The molecule has 0 radical (unpaired) electrons. The Morgan fingerprint density at radius 1 is 1.15 bits per heavy atom. The molecule has 2 saturated heterocycles. The summed E-state index contributed by atoms with van der Waals surface area (Å²) < 4.78 is 44.0. The molecule has 2 aliphatic rings. The smallest absolute Gasteiger partial charge is 0.416 e. The van der Waals surface area contributed by atoms with Crippen LogP contribution in [0, 0.1) is 11.8 Å². The van der Waals surface area contributed by atoms with Gasteiger partial charge in [0, 0.05) is 25.3 Å². The van der Waals surface area contributed by atoms with Gasteiger partial charge in [-0.1, -0.05) is 6.07 Å². The lowest BCUT2D eigenvalue weighted by atomic mass is 9.84. The Morgan fingerprint density at radius 2 is 1.85 bits per heavy atom. The molecular weight excluding hydrogens is 351 g/mol. The number of carbonyl (C=O) groups excluding carboxylic acids is 1. The molecule has 1 unspecified atom stereocenters. The van der Waals surface area contributed by atoms with Crippen LogP contribution in [0.25, 0.3) is 0 Å². The summed E-state index contributed by atoms with van der Waals surface area (Å²) in [7, 11) is 0. The normalized spacial score (nSPS) is 24.7. The van der Waals surface area contributed by atoms with Crippen molar-refractivity contribution in [3.05, 3.63) is 35.4 Å². The number of alkyl halides is 3. The molecule has 1 amide bonds. The van der Waals surface area contributed by atoms with E-state index in [1.807, 2.05) is 0 Å². The zero-order chi connectivity index (χ0) is 18.9. The molecule has 2 heterocycles. The van der Waals surface area contributed by atoms with Crippen LogP contribution in [-0.2, 0) is 15.7 Å². The van der Waals surface area contributed by atoms with Gasteiger partial charge in [0.25, 0.3) is 5.91 Å². The molecule has 5 nitrogen and oxygen atoms in total. The summed E-state index contributed by atoms with van der Waals surface area (Å²) in [6, 6.07) is 4.41. The van der Waals surface area contributed by atoms with Crippen LogP contribution in [0.5, 0.6) is 0 Å². The number of nitrogens with zero attached hydrogens (tertiary/aromatic N) is 1. The zero-order valence-electron chi connectivity index (χ0n) is 14.0. The van der Waals surface area contributed by atoms with Crippen LogP contribution in [0.2, 0.25) is 0 Å². The summed E-state index contributed by atoms with van der Waals surface area (Å²) >= 11 is 0. The molecule has 3 rings (SSSR count). The largest absolute Gasteiger partial charge is 0.481 e. The number of halogens is 3. The second-order valence-electron chi connectivity index (χ2n) is 6.78. The number of carboxylic acids is 1. The minimum atomic E-state index is -4.49. The Labute approximate surface area is 148 Å². The average Bonchev–Trinajstić information content (AvgIpc) is 3.11. The number of piperidine rings is 1. The number of ether oxygens (including phenoxy) is 1. The molecule has 2 aliphatic heterocycles. The van der Waals surface area contributed by atoms with Crippen molar-refractivity contribution in [3.8, 4) is 0 Å². The number of carbonyl (C=O) groups is 2. The van der Waals surface area contributed by atoms with Crippen molar-refractivity contribution in [2.75, 3.05) is 19.7 Å². The Morgan fingerprint density at radius 3 is 2.46 bits per heavy atom. The lowest BCUT2D eigenvalue weighted by molar-refractivity contribution is -0.145. The maximum absolute atomic E-state index is 12.8. The second-order valence-corrected chi connectivity index (χ2v) is 6.78. The summed E-state index contributed by atoms with van der Waals surface area (Å²) in [6.45, 7) is 1.18. The molecule has 0 spiro atoms. The Kier molecular flexibility index (Phi) is 5.22. The number of hydrogen-bond donors (Lipinski definition) is 1. The number of aliphatic carboxylic acids is 1. The van der Waals surface area contributed by atoms with E-state index in [1.54, 1.807) is 0 Å². The average molecular weight is 371 g/mol. The van der Waals surface area contributed by atoms with Gasteiger partial charge in [-0.15, -0.1) is 0 Å².